The molecule has 3 rings (SSSR count). The van der Waals surface area contributed by atoms with Crippen LogP contribution in [0.3, 0.4) is 0 Å². The van der Waals surface area contributed by atoms with Crippen LogP contribution in [0.2, 0.25) is 0 Å². The number of guanidine groups is 1. The molecule has 2 N–H and O–H groups in total. The summed E-state index contributed by atoms with van der Waals surface area (Å²) in [5, 5.41) is 10.6. The first-order valence-corrected chi connectivity index (χ1v) is 10.8. The first kappa shape index (κ1) is 26.6. The Hall–Kier alpha value is -2.66. The van der Waals surface area contributed by atoms with Crippen LogP contribution in [0.15, 0.2) is 58.0 Å². The van der Waals surface area contributed by atoms with Gasteiger partial charge in [0.15, 0.2) is 11.8 Å². The average Bonchev–Trinajstić information content (AvgIpc) is 3.31. The lowest BCUT2D eigenvalue weighted by molar-refractivity contribution is 0.172. The second-order valence-corrected chi connectivity index (χ2v) is 7.16. The molecule has 8 nitrogen and oxygen atoms in total. The van der Waals surface area contributed by atoms with Crippen LogP contribution in [0.4, 0.5) is 5.69 Å². The van der Waals surface area contributed by atoms with E-state index in [1.165, 1.54) is 5.56 Å². The van der Waals surface area contributed by atoms with Gasteiger partial charge in [0.1, 0.15) is 5.75 Å². The molecule has 0 saturated heterocycles. The van der Waals surface area contributed by atoms with Crippen LogP contribution in [-0.2, 0) is 17.6 Å². The summed E-state index contributed by atoms with van der Waals surface area (Å²) in [6.45, 7) is 4.05. The highest BCUT2D eigenvalue weighted by molar-refractivity contribution is 14.0. The number of hydrogen-bond donors (Lipinski definition) is 2. The van der Waals surface area contributed by atoms with E-state index < -0.39 is 0 Å². The van der Waals surface area contributed by atoms with E-state index in [9.17, 15) is 0 Å². The van der Waals surface area contributed by atoms with Gasteiger partial charge in [0.05, 0.1) is 6.61 Å². The van der Waals surface area contributed by atoms with E-state index in [0.29, 0.717) is 25.1 Å². The normalized spacial score (nSPS) is 11.1. The van der Waals surface area contributed by atoms with Crippen LogP contribution in [0.25, 0.3) is 11.5 Å². The van der Waals surface area contributed by atoms with Crippen molar-refractivity contribution in [2.75, 3.05) is 39.2 Å². The van der Waals surface area contributed by atoms with Crippen molar-refractivity contribution in [3.05, 3.63) is 59.9 Å². The molecule has 0 amide bonds. The van der Waals surface area contributed by atoms with Crippen molar-refractivity contribution in [2.45, 2.75) is 26.2 Å². The lowest BCUT2D eigenvalue weighted by atomic mass is 10.1. The Kier molecular flexibility index (Phi) is 11.7. The van der Waals surface area contributed by atoms with Gasteiger partial charge in [-0.05, 0) is 36.2 Å². The Morgan fingerprint density at radius 1 is 1.12 bits per heavy atom. The van der Waals surface area contributed by atoms with Gasteiger partial charge in [0.2, 0.25) is 0 Å². The molecule has 0 atom stereocenters. The van der Waals surface area contributed by atoms with Crippen molar-refractivity contribution in [3.63, 3.8) is 0 Å². The number of benzene rings is 2. The number of methoxy groups -OCH3 is 1. The van der Waals surface area contributed by atoms with Crippen molar-refractivity contribution < 1.29 is 14.0 Å². The molecule has 9 heteroatoms. The number of rotatable bonds is 11. The predicted octanol–water partition coefficient (Wildman–Crippen LogP) is 4.56. The molecule has 0 radical (unpaired) electrons. The van der Waals surface area contributed by atoms with Crippen molar-refractivity contribution >= 4 is 35.6 Å². The van der Waals surface area contributed by atoms with Gasteiger partial charge in [-0.15, -0.1) is 24.0 Å². The summed E-state index contributed by atoms with van der Waals surface area (Å²) in [5.74, 6) is 2.79. The Morgan fingerprint density at radius 3 is 2.64 bits per heavy atom. The summed E-state index contributed by atoms with van der Waals surface area (Å²) in [5.41, 5.74) is 3.05. The van der Waals surface area contributed by atoms with E-state index >= 15 is 0 Å². The van der Waals surface area contributed by atoms with Gasteiger partial charge in [0.25, 0.3) is 5.89 Å². The fraction of sp³-hybridized carbons (Fsp3) is 0.375. The molecule has 33 heavy (non-hydrogen) atoms. The highest BCUT2D eigenvalue weighted by atomic mass is 127. The van der Waals surface area contributed by atoms with Crippen LogP contribution in [-0.4, -0.2) is 50.0 Å². The van der Waals surface area contributed by atoms with Gasteiger partial charge in [-0.2, -0.15) is 4.98 Å². The molecule has 0 saturated carbocycles. The fourth-order valence-electron chi connectivity index (χ4n) is 3.03. The second kappa shape index (κ2) is 14.5. The van der Waals surface area contributed by atoms with Crippen LogP contribution in [0.5, 0.6) is 5.75 Å². The maximum atomic E-state index is 5.76. The highest BCUT2D eigenvalue weighted by Crippen LogP contribution is 2.19. The van der Waals surface area contributed by atoms with Gasteiger partial charge in [0, 0.05) is 57.5 Å². The molecule has 0 aliphatic rings. The maximum Gasteiger partial charge on any atom is 0.257 e. The third-order valence-electron chi connectivity index (χ3n) is 4.77. The van der Waals surface area contributed by atoms with Crippen LogP contribution < -0.4 is 15.4 Å². The number of nitrogens with zero attached hydrogens (tertiary/aromatic N) is 3. The number of aryl methyl sites for hydroxylation is 1. The van der Waals surface area contributed by atoms with Gasteiger partial charge in [-0.3, -0.25) is 4.99 Å². The summed E-state index contributed by atoms with van der Waals surface area (Å²) in [6.07, 6.45) is 2.47. The number of anilines is 1. The standard InChI is InChI=1S/C24H31N5O3.HI/c1-4-22-28-23(32-29-22)19-11-9-18(10-12-19)13-14-26-24(25-2)27-20-7-5-8-21(17-20)31-16-6-15-30-3;/h5,7-12,17H,4,6,13-16H2,1-3H3,(H2,25,26,27);1H. The van der Waals surface area contributed by atoms with Crippen molar-refractivity contribution in [1.82, 2.24) is 15.5 Å². The third kappa shape index (κ3) is 8.65. The summed E-state index contributed by atoms with van der Waals surface area (Å²) in [7, 11) is 3.44. The summed E-state index contributed by atoms with van der Waals surface area (Å²) in [4.78, 5) is 8.67. The molecule has 178 valence electrons. The lowest BCUT2D eigenvalue weighted by Crippen LogP contribution is -2.32. The fourth-order valence-corrected chi connectivity index (χ4v) is 3.03. The number of aliphatic imine (C=N–C) groups is 1. The molecule has 0 aliphatic heterocycles. The molecule has 0 unspecified atom stereocenters. The van der Waals surface area contributed by atoms with E-state index in [2.05, 4.69) is 37.9 Å². The molecular weight excluding hydrogens is 533 g/mol. The van der Waals surface area contributed by atoms with Gasteiger partial charge >= 0.3 is 0 Å². The van der Waals surface area contributed by atoms with Crippen molar-refractivity contribution in [1.29, 1.82) is 0 Å². The monoisotopic (exact) mass is 565 g/mol. The Bertz CT molecular complexity index is 992. The van der Waals surface area contributed by atoms with Crippen LogP contribution in [0.1, 0.15) is 24.7 Å². The molecule has 0 fully saturated rings. The minimum absolute atomic E-state index is 0. The van der Waals surface area contributed by atoms with Gasteiger partial charge in [-0.25, -0.2) is 0 Å². The number of aromatic nitrogens is 2. The van der Waals surface area contributed by atoms with E-state index in [4.69, 9.17) is 14.0 Å². The molecule has 1 aromatic heterocycles. The predicted molar refractivity (Wildman–Crippen MR) is 142 cm³/mol. The van der Waals surface area contributed by atoms with Gasteiger partial charge in [-0.1, -0.05) is 30.3 Å². The lowest BCUT2D eigenvalue weighted by Gasteiger charge is -2.13. The first-order valence-electron chi connectivity index (χ1n) is 10.8. The topological polar surface area (TPSA) is 93.8 Å². The highest BCUT2D eigenvalue weighted by Gasteiger charge is 2.07. The minimum Gasteiger partial charge on any atom is -0.493 e. The third-order valence-corrected chi connectivity index (χ3v) is 4.77. The Morgan fingerprint density at radius 2 is 1.94 bits per heavy atom. The first-order chi connectivity index (χ1) is 15.7. The number of hydrogen-bond acceptors (Lipinski definition) is 6. The molecule has 0 spiro atoms. The maximum absolute atomic E-state index is 5.76. The summed E-state index contributed by atoms with van der Waals surface area (Å²) in [6, 6.07) is 16.0. The van der Waals surface area contributed by atoms with Crippen molar-refractivity contribution in [3.8, 4) is 17.2 Å². The second-order valence-electron chi connectivity index (χ2n) is 7.16. The number of ether oxygens (including phenoxy) is 2. The van der Waals surface area contributed by atoms with Crippen molar-refractivity contribution in [2.24, 2.45) is 4.99 Å². The number of nitrogens with one attached hydrogen (secondary N) is 2. The Balaban J connectivity index is 0.00000385. The van der Waals surface area contributed by atoms with E-state index in [1.807, 2.05) is 43.3 Å². The molecule has 0 bridgehead atoms. The molecule has 3 aromatic rings. The molecule has 0 aliphatic carbocycles. The van der Waals surface area contributed by atoms with Crippen LogP contribution in [0, 0.1) is 0 Å². The molecule has 1 heterocycles. The smallest absolute Gasteiger partial charge is 0.257 e. The van der Waals surface area contributed by atoms with E-state index in [1.54, 1.807) is 14.2 Å². The SMILES string of the molecule is CCc1noc(-c2ccc(CCNC(=NC)Nc3cccc(OCCCOC)c3)cc2)n1.I. The van der Waals surface area contributed by atoms with E-state index in [0.717, 1.165) is 48.6 Å². The Labute approximate surface area is 212 Å². The zero-order chi connectivity index (χ0) is 22.6. The van der Waals surface area contributed by atoms with E-state index in [-0.39, 0.29) is 24.0 Å². The summed E-state index contributed by atoms with van der Waals surface area (Å²) < 4.78 is 16.1. The zero-order valence-electron chi connectivity index (χ0n) is 19.3. The summed E-state index contributed by atoms with van der Waals surface area (Å²) >= 11 is 0. The zero-order valence-corrected chi connectivity index (χ0v) is 21.7. The largest absolute Gasteiger partial charge is 0.493 e. The van der Waals surface area contributed by atoms with Gasteiger partial charge < -0.3 is 24.6 Å². The quantitative estimate of drug-likeness (QED) is 0.152. The minimum atomic E-state index is 0. The number of halogens is 1. The average molecular weight is 565 g/mol. The van der Waals surface area contributed by atoms with Crippen LogP contribution >= 0.6 is 24.0 Å². The molecular formula is C24H32IN5O3. The molecule has 2 aromatic carbocycles.